The first-order valence-electron chi connectivity index (χ1n) is 5.90. The van der Waals surface area contributed by atoms with Gasteiger partial charge in [-0.1, -0.05) is 18.9 Å². The van der Waals surface area contributed by atoms with Crippen LogP contribution in [-0.2, 0) is 0 Å². The molecule has 1 aliphatic rings. The van der Waals surface area contributed by atoms with Crippen LogP contribution in [0, 0.1) is 5.92 Å². The van der Waals surface area contributed by atoms with E-state index in [-0.39, 0.29) is 0 Å². The summed E-state index contributed by atoms with van der Waals surface area (Å²) < 4.78 is 0. The molecule has 2 heteroatoms. The number of anilines is 2. The largest absolute Gasteiger partial charge is 0.399 e. The highest BCUT2D eigenvalue weighted by Gasteiger charge is 2.21. The van der Waals surface area contributed by atoms with Gasteiger partial charge in [0.2, 0.25) is 0 Å². The molecule has 1 aromatic rings. The molecular formula is C13H20N2. The molecule has 1 saturated carbocycles. The van der Waals surface area contributed by atoms with E-state index in [4.69, 9.17) is 5.73 Å². The van der Waals surface area contributed by atoms with Crippen LogP contribution in [-0.4, -0.2) is 13.1 Å². The standard InChI is InChI=1S/C13H20N2/c1-2-15(9-8-11-6-7-11)13-5-3-4-12(14)10-13/h3-5,10-11H,2,6-9,14H2,1H3. The third-order valence-corrected chi connectivity index (χ3v) is 3.12. The predicted molar refractivity (Wildman–Crippen MR) is 66.1 cm³/mol. The molecular weight excluding hydrogens is 184 g/mol. The third kappa shape index (κ3) is 2.88. The first-order chi connectivity index (χ1) is 7.29. The van der Waals surface area contributed by atoms with Crippen LogP contribution in [0.1, 0.15) is 26.2 Å². The molecule has 1 aromatic carbocycles. The van der Waals surface area contributed by atoms with Gasteiger partial charge in [0.05, 0.1) is 0 Å². The lowest BCUT2D eigenvalue weighted by Crippen LogP contribution is -2.24. The van der Waals surface area contributed by atoms with Crippen molar-refractivity contribution in [1.82, 2.24) is 0 Å². The fraction of sp³-hybridized carbons (Fsp3) is 0.538. The minimum atomic E-state index is 0.859. The smallest absolute Gasteiger partial charge is 0.0386 e. The van der Waals surface area contributed by atoms with Crippen molar-refractivity contribution in [3.8, 4) is 0 Å². The van der Waals surface area contributed by atoms with Crippen molar-refractivity contribution < 1.29 is 0 Å². The molecule has 0 bridgehead atoms. The Bertz CT molecular complexity index is 318. The number of nitrogen functional groups attached to an aromatic ring is 1. The number of benzene rings is 1. The van der Waals surface area contributed by atoms with E-state index in [0.29, 0.717) is 0 Å². The zero-order valence-corrected chi connectivity index (χ0v) is 9.45. The summed E-state index contributed by atoms with van der Waals surface area (Å²) in [5, 5.41) is 0. The molecule has 0 atom stereocenters. The van der Waals surface area contributed by atoms with Gasteiger partial charge in [0, 0.05) is 24.5 Å². The lowest BCUT2D eigenvalue weighted by atomic mass is 10.2. The second kappa shape index (κ2) is 4.56. The molecule has 15 heavy (non-hydrogen) atoms. The fourth-order valence-corrected chi connectivity index (χ4v) is 1.94. The first-order valence-corrected chi connectivity index (χ1v) is 5.90. The van der Waals surface area contributed by atoms with Crippen molar-refractivity contribution in [3.05, 3.63) is 24.3 Å². The number of rotatable bonds is 5. The van der Waals surface area contributed by atoms with E-state index in [2.05, 4.69) is 24.0 Å². The second-order valence-corrected chi connectivity index (χ2v) is 4.41. The van der Waals surface area contributed by atoms with Crippen LogP contribution >= 0.6 is 0 Å². The Morgan fingerprint density at radius 3 is 2.80 bits per heavy atom. The normalized spacial score (nSPS) is 15.3. The molecule has 1 fully saturated rings. The molecule has 0 aliphatic heterocycles. The zero-order chi connectivity index (χ0) is 10.7. The van der Waals surface area contributed by atoms with Gasteiger partial charge in [-0.3, -0.25) is 0 Å². The molecule has 0 aromatic heterocycles. The van der Waals surface area contributed by atoms with Crippen LogP contribution in [0.4, 0.5) is 11.4 Å². The molecule has 2 N–H and O–H groups in total. The van der Waals surface area contributed by atoms with Crippen molar-refractivity contribution in [2.45, 2.75) is 26.2 Å². The Morgan fingerprint density at radius 2 is 2.20 bits per heavy atom. The average molecular weight is 204 g/mol. The van der Waals surface area contributed by atoms with Crippen molar-refractivity contribution in [1.29, 1.82) is 0 Å². The topological polar surface area (TPSA) is 29.3 Å². The Labute approximate surface area is 92.1 Å². The molecule has 0 saturated heterocycles. The van der Waals surface area contributed by atoms with Gasteiger partial charge >= 0.3 is 0 Å². The Kier molecular flexibility index (Phi) is 3.14. The predicted octanol–water partition coefficient (Wildman–Crippen LogP) is 2.90. The zero-order valence-electron chi connectivity index (χ0n) is 9.45. The van der Waals surface area contributed by atoms with Gasteiger partial charge in [-0.2, -0.15) is 0 Å². The van der Waals surface area contributed by atoms with E-state index < -0.39 is 0 Å². The summed E-state index contributed by atoms with van der Waals surface area (Å²) in [6.07, 6.45) is 4.21. The highest BCUT2D eigenvalue weighted by molar-refractivity contribution is 5.55. The Hall–Kier alpha value is -1.18. The van der Waals surface area contributed by atoms with Crippen LogP contribution in [0.15, 0.2) is 24.3 Å². The summed E-state index contributed by atoms with van der Waals surface area (Å²) in [6, 6.07) is 8.19. The summed E-state index contributed by atoms with van der Waals surface area (Å²) in [5.74, 6) is 1.00. The molecule has 2 nitrogen and oxygen atoms in total. The number of nitrogens with zero attached hydrogens (tertiary/aromatic N) is 1. The van der Waals surface area contributed by atoms with Crippen molar-refractivity contribution >= 4 is 11.4 Å². The lowest BCUT2D eigenvalue weighted by Gasteiger charge is -2.23. The maximum atomic E-state index is 5.79. The van der Waals surface area contributed by atoms with Gasteiger partial charge in [-0.15, -0.1) is 0 Å². The van der Waals surface area contributed by atoms with Crippen LogP contribution in [0.2, 0.25) is 0 Å². The van der Waals surface area contributed by atoms with E-state index in [0.717, 1.165) is 18.2 Å². The summed E-state index contributed by atoms with van der Waals surface area (Å²) in [4.78, 5) is 2.41. The van der Waals surface area contributed by atoms with E-state index in [9.17, 15) is 0 Å². The van der Waals surface area contributed by atoms with Gasteiger partial charge < -0.3 is 10.6 Å². The molecule has 0 spiro atoms. The summed E-state index contributed by atoms with van der Waals surface area (Å²) in [5.41, 5.74) is 7.91. The van der Waals surface area contributed by atoms with Crippen LogP contribution in [0.3, 0.4) is 0 Å². The molecule has 0 radical (unpaired) electrons. The molecule has 1 aliphatic carbocycles. The quantitative estimate of drug-likeness (QED) is 0.747. The Balaban J connectivity index is 1.97. The molecule has 0 unspecified atom stereocenters. The monoisotopic (exact) mass is 204 g/mol. The maximum Gasteiger partial charge on any atom is 0.0386 e. The van der Waals surface area contributed by atoms with Crippen LogP contribution in [0.5, 0.6) is 0 Å². The number of hydrogen-bond acceptors (Lipinski definition) is 2. The van der Waals surface area contributed by atoms with Gasteiger partial charge in [0.15, 0.2) is 0 Å². The first kappa shape index (κ1) is 10.3. The minimum Gasteiger partial charge on any atom is -0.399 e. The average Bonchev–Trinajstić information content (AvgIpc) is 3.03. The highest BCUT2D eigenvalue weighted by atomic mass is 15.1. The minimum absolute atomic E-state index is 0.859. The fourth-order valence-electron chi connectivity index (χ4n) is 1.94. The van der Waals surface area contributed by atoms with E-state index in [1.807, 2.05) is 12.1 Å². The summed E-state index contributed by atoms with van der Waals surface area (Å²) in [6.45, 7) is 4.44. The van der Waals surface area contributed by atoms with Crippen molar-refractivity contribution in [2.75, 3.05) is 23.7 Å². The van der Waals surface area contributed by atoms with E-state index >= 15 is 0 Å². The highest BCUT2D eigenvalue weighted by Crippen LogP contribution is 2.33. The molecule has 0 amide bonds. The van der Waals surface area contributed by atoms with Crippen molar-refractivity contribution in [2.24, 2.45) is 5.92 Å². The number of nitrogens with two attached hydrogens (primary N) is 1. The molecule has 2 rings (SSSR count). The Morgan fingerprint density at radius 1 is 1.40 bits per heavy atom. The van der Waals surface area contributed by atoms with Gasteiger partial charge in [-0.25, -0.2) is 0 Å². The number of hydrogen-bond donors (Lipinski definition) is 1. The van der Waals surface area contributed by atoms with Gasteiger partial charge in [0.25, 0.3) is 0 Å². The van der Waals surface area contributed by atoms with E-state index in [1.54, 1.807) is 0 Å². The van der Waals surface area contributed by atoms with Gasteiger partial charge in [0.1, 0.15) is 0 Å². The van der Waals surface area contributed by atoms with E-state index in [1.165, 1.54) is 31.5 Å². The molecule has 0 heterocycles. The lowest BCUT2D eigenvalue weighted by molar-refractivity contribution is 0.687. The second-order valence-electron chi connectivity index (χ2n) is 4.41. The van der Waals surface area contributed by atoms with Crippen LogP contribution < -0.4 is 10.6 Å². The maximum absolute atomic E-state index is 5.79. The van der Waals surface area contributed by atoms with Crippen molar-refractivity contribution in [3.63, 3.8) is 0 Å². The van der Waals surface area contributed by atoms with Gasteiger partial charge in [-0.05, 0) is 37.5 Å². The third-order valence-electron chi connectivity index (χ3n) is 3.12. The van der Waals surface area contributed by atoms with Crippen LogP contribution in [0.25, 0.3) is 0 Å². The summed E-state index contributed by atoms with van der Waals surface area (Å²) in [7, 11) is 0. The summed E-state index contributed by atoms with van der Waals surface area (Å²) >= 11 is 0. The SMILES string of the molecule is CCN(CCC1CC1)c1cccc(N)c1. The molecule has 82 valence electrons.